The third kappa shape index (κ3) is 4.35. The molecule has 3 aromatic rings. The number of carbonyl (C=O) groups is 2. The predicted molar refractivity (Wildman–Crippen MR) is 110 cm³/mol. The molecule has 0 saturated carbocycles. The molecule has 0 radical (unpaired) electrons. The fourth-order valence-corrected chi connectivity index (χ4v) is 3.56. The Balaban J connectivity index is 1.32. The first-order valence-electron chi connectivity index (χ1n) is 9.86. The monoisotopic (exact) mass is 408 g/mol. The average Bonchev–Trinajstić information content (AvgIpc) is 3.55. The van der Waals surface area contributed by atoms with Crippen molar-refractivity contribution in [2.24, 2.45) is 5.92 Å². The Hall–Kier alpha value is -3.62. The van der Waals surface area contributed by atoms with Crippen LogP contribution in [0.3, 0.4) is 0 Å². The SMILES string of the molecule is COc1cccc(-c2cc(C(=O)N3CCC(C(=O)NCCn4ccnc4)C3)[nH]n2)c1. The van der Waals surface area contributed by atoms with Crippen LogP contribution < -0.4 is 10.1 Å². The van der Waals surface area contributed by atoms with E-state index in [0.717, 1.165) is 11.3 Å². The van der Waals surface area contributed by atoms with Crippen molar-refractivity contribution in [1.82, 2.24) is 30.0 Å². The molecule has 1 aliphatic rings. The van der Waals surface area contributed by atoms with Gasteiger partial charge in [-0.25, -0.2) is 4.98 Å². The molecule has 2 aromatic heterocycles. The van der Waals surface area contributed by atoms with E-state index < -0.39 is 0 Å². The number of likely N-dealkylation sites (tertiary alicyclic amines) is 1. The van der Waals surface area contributed by atoms with E-state index in [9.17, 15) is 9.59 Å². The molecule has 4 rings (SSSR count). The zero-order valence-electron chi connectivity index (χ0n) is 16.7. The van der Waals surface area contributed by atoms with Gasteiger partial charge in [-0.15, -0.1) is 0 Å². The smallest absolute Gasteiger partial charge is 0.271 e. The van der Waals surface area contributed by atoms with Gasteiger partial charge in [-0.2, -0.15) is 5.10 Å². The van der Waals surface area contributed by atoms with Crippen molar-refractivity contribution >= 4 is 11.8 Å². The van der Waals surface area contributed by atoms with Gasteiger partial charge in [-0.05, 0) is 24.6 Å². The van der Waals surface area contributed by atoms with Crippen molar-refractivity contribution in [3.05, 3.63) is 54.7 Å². The van der Waals surface area contributed by atoms with Crippen molar-refractivity contribution in [3.63, 3.8) is 0 Å². The number of aromatic amines is 1. The summed E-state index contributed by atoms with van der Waals surface area (Å²) in [6.45, 7) is 2.15. The lowest BCUT2D eigenvalue weighted by Crippen LogP contribution is -2.36. The van der Waals surface area contributed by atoms with E-state index in [1.165, 1.54) is 0 Å². The van der Waals surface area contributed by atoms with Gasteiger partial charge in [0, 0.05) is 44.1 Å². The van der Waals surface area contributed by atoms with Crippen LogP contribution in [0, 0.1) is 5.92 Å². The number of nitrogens with zero attached hydrogens (tertiary/aromatic N) is 4. The highest BCUT2D eigenvalue weighted by atomic mass is 16.5. The van der Waals surface area contributed by atoms with E-state index in [1.807, 2.05) is 35.0 Å². The van der Waals surface area contributed by atoms with Crippen molar-refractivity contribution in [3.8, 4) is 17.0 Å². The molecule has 0 bridgehead atoms. The fraction of sp³-hybridized carbons (Fsp3) is 0.333. The van der Waals surface area contributed by atoms with Crippen LogP contribution in [0.4, 0.5) is 0 Å². The molecule has 3 heterocycles. The maximum Gasteiger partial charge on any atom is 0.271 e. The first-order valence-corrected chi connectivity index (χ1v) is 9.86. The minimum absolute atomic E-state index is 0.0212. The number of ether oxygens (including phenoxy) is 1. The number of hydrogen-bond donors (Lipinski definition) is 2. The molecule has 2 amide bonds. The Morgan fingerprint density at radius 3 is 3.03 bits per heavy atom. The number of aromatic nitrogens is 4. The van der Waals surface area contributed by atoms with Crippen molar-refractivity contribution < 1.29 is 14.3 Å². The van der Waals surface area contributed by atoms with Gasteiger partial charge in [0.15, 0.2) is 0 Å². The minimum atomic E-state index is -0.197. The predicted octanol–water partition coefficient (Wildman–Crippen LogP) is 1.56. The summed E-state index contributed by atoms with van der Waals surface area (Å²) < 4.78 is 7.15. The van der Waals surface area contributed by atoms with Crippen LogP contribution in [-0.4, -0.2) is 63.2 Å². The highest BCUT2D eigenvalue weighted by Gasteiger charge is 2.32. The van der Waals surface area contributed by atoms with Crippen LogP contribution in [0.15, 0.2) is 49.1 Å². The van der Waals surface area contributed by atoms with Gasteiger partial charge < -0.3 is 19.5 Å². The Bertz CT molecular complexity index is 1010. The second-order valence-electron chi connectivity index (χ2n) is 7.23. The molecule has 9 nitrogen and oxygen atoms in total. The third-order valence-electron chi connectivity index (χ3n) is 5.25. The highest BCUT2D eigenvalue weighted by molar-refractivity contribution is 5.94. The molecule has 1 unspecified atom stereocenters. The van der Waals surface area contributed by atoms with Crippen molar-refractivity contribution in [2.45, 2.75) is 13.0 Å². The van der Waals surface area contributed by atoms with Crippen molar-refractivity contribution in [2.75, 3.05) is 26.7 Å². The first-order chi connectivity index (χ1) is 14.6. The molecular weight excluding hydrogens is 384 g/mol. The minimum Gasteiger partial charge on any atom is -0.497 e. The molecule has 1 aromatic carbocycles. The Morgan fingerprint density at radius 1 is 1.33 bits per heavy atom. The van der Waals surface area contributed by atoms with Gasteiger partial charge in [-0.3, -0.25) is 14.7 Å². The van der Waals surface area contributed by atoms with Gasteiger partial charge in [-0.1, -0.05) is 12.1 Å². The summed E-state index contributed by atoms with van der Waals surface area (Å²) in [6.07, 6.45) is 5.93. The van der Waals surface area contributed by atoms with Gasteiger partial charge in [0.1, 0.15) is 11.4 Å². The van der Waals surface area contributed by atoms with Crippen molar-refractivity contribution in [1.29, 1.82) is 0 Å². The van der Waals surface area contributed by atoms with Crippen LogP contribution in [0.5, 0.6) is 5.75 Å². The Labute approximate surface area is 174 Å². The summed E-state index contributed by atoms with van der Waals surface area (Å²) in [5.41, 5.74) is 1.94. The van der Waals surface area contributed by atoms with Gasteiger partial charge in [0.2, 0.25) is 5.91 Å². The van der Waals surface area contributed by atoms with Gasteiger partial charge in [0.25, 0.3) is 5.91 Å². The molecule has 30 heavy (non-hydrogen) atoms. The van der Waals surface area contributed by atoms with Crippen LogP contribution in [0.1, 0.15) is 16.9 Å². The second-order valence-corrected chi connectivity index (χ2v) is 7.23. The van der Waals surface area contributed by atoms with E-state index in [4.69, 9.17) is 4.74 Å². The summed E-state index contributed by atoms with van der Waals surface area (Å²) >= 11 is 0. The number of methoxy groups -OCH3 is 1. The summed E-state index contributed by atoms with van der Waals surface area (Å²) in [6, 6.07) is 9.24. The number of imidazole rings is 1. The van der Waals surface area contributed by atoms with Crippen LogP contribution in [-0.2, 0) is 11.3 Å². The maximum atomic E-state index is 12.8. The molecule has 156 valence electrons. The number of rotatable bonds is 7. The maximum absolute atomic E-state index is 12.8. The number of carbonyl (C=O) groups excluding carboxylic acids is 2. The fourth-order valence-electron chi connectivity index (χ4n) is 3.56. The molecule has 2 N–H and O–H groups in total. The lowest BCUT2D eigenvalue weighted by molar-refractivity contribution is -0.124. The molecule has 9 heteroatoms. The number of amides is 2. The number of hydrogen-bond acceptors (Lipinski definition) is 5. The van der Waals surface area contributed by atoms with E-state index >= 15 is 0 Å². The first kappa shape index (κ1) is 19.7. The normalized spacial score (nSPS) is 15.9. The molecule has 1 aliphatic heterocycles. The molecule has 1 atom stereocenters. The lowest BCUT2D eigenvalue weighted by Gasteiger charge is -2.15. The average molecular weight is 408 g/mol. The molecule has 0 spiro atoms. The standard InChI is InChI=1S/C21H24N6O3/c1-30-17-4-2-3-15(11-17)18-12-19(25-24-18)21(29)27-8-5-16(13-27)20(28)23-7-10-26-9-6-22-14-26/h2-4,6,9,11-12,14,16H,5,7-8,10,13H2,1H3,(H,23,28)(H,24,25). The summed E-state index contributed by atoms with van der Waals surface area (Å²) in [4.78, 5) is 30.9. The third-order valence-corrected chi connectivity index (χ3v) is 5.25. The highest BCUT2D eigenvalue weighted by Crippen LogP contribution is 2.24. The quantitative estimate of drug-likeness (QED) is 0.617. The summed E-state index contributed by atoms with van der Waals surface area (Å²) in [7, 11) is 1.61. The van der Waals surface area contributed by atoms with E-state index in [0.29, 0.717) is 44.0 Å². The second kappa shape index (κ2) is 8.81. The summed E-state index contributed by atoms with van der Waals surface area (Å²) in [5.74, 6) is 0.361. The van der Waals surface area contributed by atoms with E-state index in [-0.39, 0.29) is 17.7 Å². The zero-order chi connectivity index (χ0) is 20.9. The van der Waals surface area contributed by atoms with E-state index in [2.05, 4.69) is 20.5 Å². The largest absolute Gasteiger partial charge is 0.497 e. The van der Waals surface area contributed by atoms with Gasteiger partial charge >= 0.3 is 0 Å². The molecule has 0 aliphatic carbocycles. The topological polar surface area (TPSA) is 105 Å². The zero-order valence-corrected chi connectivity index (χ0v) is 16.7. The van der Waals surface area contributed by atoms with Crippen LogP contribution in [0.25, 0.3) is 11.3 Å². The lowest BCUT2D eigenvalue weighted by atomic mass is 10.1. The van der Waals surface area contributed by atoms with Gasteiger partial charge in [0.05, 0.1) is 25.0 Å². The van der Waals surface area contributed by atoms with Crippen LogP contribution >= 0.6 is 0 Å². The number of benzene rings is 1. The van der Waals surface area contributed by atoms with Crippen LogP contribution in [0.2, 0.25) is 0 Å². The molecule has 1 saturated heterocycles. The molecular formula is C21H24N6O3. The van der Waals surface area contributed by atoms with E-state index in [1.54, 1.807) is 30.6 Å². The summed E-state index contributed by atoms with van der Waals surface area (Å²) in [5, 5.41) is 10.0. The Kier molecular flexibility index (Phi) is 5.78. The number of H-pyrrole nitrogens is 1. The molecule has 1 fully saturated rings. The number of nitrogens with one attached hydrogen (secondary N) is 2. The Morgan fingerprint density at radius 2 is 2.23 bits per heavy atom.